The van der Waals surface area contributed by atoms with Crippen LogP contribution in [0.2, 0.25) is 0 Å². The Hall–Kier alpha value is -1.38. The van der Waals surface area contributed by atoms with Crippen molar-refractivity contribution in [2.24, 2.45) is 46.8 Å². The molecule has 2 nitrogen and oxygen atoms in total. The minimum Gasteiger partial charge on any atom is -0.378 e. The van der Waals surface area contributed by atoms with Crippen molar-refractivity contribution in [3.05, 3.63) is 30.1 Å². The van der Waals surface area contributed by atoms with Gasteiger partial charge < -0.3 is 5.32 Å². The second-order valence-electron chi connectivity index (χ2n) is 11.4. The van der Waals surface area contributed by atoms with Crippen molar-refractivity contribution in [3.8, 4) is 0 Å². The summed E-state index contributed by atoms with van der Waals surface area (Å²) in [5.74, 6) is 5.75. The molecule has 0 amide bonds. The van der Waals surface area contributed by atoms with Crippen molar-refractivity contribution < 1.29 is 9.18 Å². The van der Waals surface area contributed by atoms with E-state index in [-0.39, 0.29) is 17.2 Å². The quantitative estimate of drug-likeness (QED) is 0.596. The van der Waals surface area contributed by atoms with E-state index >= 15 is 0 Å². The minimum absolute atomic E-state index is 0.192. The highest BCUT2D eigenvalue weighted by Crippen LogP contribution is 2.64. The van der Waals surface area contributed by atoms with Crippen LogP contribution in [0.4, 0.5) is 10.1 Å². The van der Waals surface area contributed by atoms with Crippen molar-refractivity contribution in [2.75, 3.05) is 11.9 Å². The summed E-state index contributed by atoms with van der Waals surface area (Å²) in [4.78, 5) is 13.2. The Morgan fingerprint density at radius 3 is 2.57 bits per heavy atom. The topological polar surface area (TPSA) is 29.1 Å². The zero-order chi connectivity index (χ0) is 20.9. The van der Waals surface area contributed by atoms with Crippen LogP contribution >= 0.6 is 0 Å². The van der Waals surface area contributed by atoms with Gasteiger partial charge in [0.15, 0.2) is 5.78 Å². The molecular formula is C27H38FNO. The maximum Gasteiger partial charge on any atom is 0.155 e. The lowest BCUT2D eigenvalue weighted by Crippen LogP contribution is -2.49. The highest BCUT2D eigenvalue weighted by atomic mass is 19.1. The van der Waals surface area contributed by atoms with Gasteiger partial charge in [-0.3, -0.25) is 4.79 Å². The second kappa shape index (κ2) is 7.95. The maximum absolute atomic E-state index is 13.2. The van der Waals surface area contributed by atoms with Crippen molar-refractivity contribution >= 4 is 11.5 Å². The first-order valence-electron chi connectivity index (χ1n) is 12.5. The lowest BCUT2D eigenvalue weighted by atomic mass is 9.49. The molecule has 8 atom stereocenters. The molecule has 4 fully saturated rings. The van der Waals surface area contributed by atoms with Gasteiger partial charge in [0.1, 0.15) is 5.82 Å². The Morgan fingerprint density at radius 1 is 1.00 bits per heavy atom. The average Bonchev–Trinajstić information content (AvgIpc) is 3.10. The molecule has 0 heterocycles. The number of anilines is 1. The Morgan fingerprint density at radius 2 is 1.77 bits per heavy atom. The fourth-order valence-electron chi connectivity index (χ4n) is 8.50. The third-order valence-electron chi connectivity index (χ3n) is 9.92. The fraction of sp³-hybridized carbons (Fsp3) is 0.741. The summed E-state index contributed by atoms with van der Waals surface area (Å²) in [5, 5.41) is 3.24. The summed E-state index contributed by atoms with van der Waals surface area (Å²) in [5.41, 5.74) is 1.02. The standard InChI is InChI=1S/C27H38FNO/c1-17-3-9-21-18(15-17)4-10-23-22(21)13-14-27(2)24(23)11-12-25(27)26(30)16-29-20-7-5-19(28)6-8-20/h5-8,17-18,21-25,29H,3-4,9-16H2,1-2H3. The number of carbonyl (C=O) groups excluding carboxylic acids is 1. The van der Waals surface area contributed by atoms with E-state index in [1.165, 1.54) is 63.5 Å². The van der Waals surface area contributed by atoms with Gasteiger partial charge in [0.25, 0.3) is 0 Å². The normalized spacial score (nSPS) is 42.7. The summed E-state index contributed by atoms with van der Waals surface area (Å²) in [6, 6.07) is 6.33. The van der Waals surface area contributed by atoms with Gasteiger partial charge in [0.2, 0.25) is 0 Å². The predicted octanol–water partition coefficient (Wildman–Crippen LogP) is 6.71. The lowest BCUT2D eigenvalue weighted by molar-refractivity contribution is -0.128. The van der Waals surface area contributed by atoms with E-state index in [0.717, 1.165) is 47.6 Å². The molecule has 164 valence electrons. The molecular weight excluding hydrogens is 373 g/mol. The molecule has 1 aromatic rings. The molecule has 0 bridgehead atoms. The first-order chi connectivity index (χ1) is 14.5. The van der Waals surface area contributed by atoms with Gasteiger partial charge in [-0.25, -0.2) is 4.39 Å². The summed E-state index contributed by atoms with van der Waals surface area (Å²) >= 11 is 0. The van der Waals surface area contributed by atoms with Crippen LogP contribution < -0.4 is 5.32 Å². The zero-order valence-corrected chi connectivity index (χ0v) is 18.7. The number of fused-ring (bicyclic) bond motifs is 5. The first-order valence-corrected chi connectivity index (χ1v) is 12.5. The lowest BCUT2D eigenvalue weighted by Gasteiger charge is -2.56. The van der Waals surface area contributed by atoms with Gasteiger partial charge in [-0.05, 0) is 117 Å². The molecule has 0 saturated heterocycles. The number of hydrogen-bond acceptors (Lipinski definition) is 2. The van der Waals surface area contributed by atoms with Gasteiger partial charge in [-0.2, -0.15) is 0 Å². The summed E-state index contributed by atoms with van der Waals surface area (Å²) < 4.78 is 13.1. The first kappa shape index (κ1) is 20.5. The van der Waals surface area contributed by atoms with Crippen molar-refractivity contribution in [1.82, 2.24) is 0 Å². The molecule has 0 aliphatic heterocycles. The van der Waals surface area contributed by atoms with Crippen molar-refractivity contribution in [1.29, 1.82) is 0 Å². The average molecular weight is 412 g/mol. The minimum atomic E-state index is -0.239. The van der Waals surface area contributed by atoms with E-state index in [4.69, 9.17) is 0 Å². The van der Waals surface area contributed by atoms with Crippen LogP contribution in [0.5, 0.6) is 0 Å². The van der Waals surface area contributed by atoms with Crippen LogP contribution in [0.25, 0.3) is 0 Å². The Bertz CT molecular complexity index is 776. The van der Waals surface area contributed by atoms with Gasteiger partial charge in [-0.15, -0.1) is 0 Å². The molecule has 4 saturated carbocycles. The number of halogens is 1. The molecule has 0 spiro atoms. The highest BCUT2D eigenvalue weighted by Gasteiger charge is 2.58. The predicted molar refractivity (Wildman–Crippen MR) is 120 cm³/mol. The van der Waals surface area contributed by atoms with Gasteiger partial charge >= 0.3 is 0 Å². The van der Waals surface area contributed by atoms with E-state index in [9.17, 15) is 9.18 Å². The van der Waals surface area contributed by atoms with E-state index in [1.54, 1.807) is 12.1 Å². The number of hydrogen-bond donors (Lipinski definition) is 1. The molecule has 4 aliphatic rings. The third kappa shape index (κ3) is 3.50. The van der Waals surface area contributed by atoms with Gasteiger partial charge in [-0.1, -0.05) is 20.3 Å². The molecule has 8 unspecified atom stereocenters. The number of nitrogens with one attached hydrogen (secondary N) is 1. The van der Waals surface area contributed by atoms with E-state index in [1.807, 2.05) is 0 Å². The largest absolute Gasteiger partial charge is 0.378 e. The number of benzene rings is 1. The molecule has 1 aromatic carbocycles. The van der Waals surface area contributed by atoms with Crippen LogP contribution in [-0.4, -0.2) is 12.3 Å². The van der Waals surface area contributed by atoms with E-state index < -0.39 is 0 Å². The van der Waals surface area contributed by atoms with Crippen molar-refractivity contribution in [3.63, 3.8) is 0 Å². The Labute approximate surface area is 181 Å². The van der Waals surface area contributed by atoms with Crippen LogP contribution in [0, 0.1) is 52.7 Å². The van der Waals surface area contributed by atoms with E-state index in [2.05, 4.69) is 19.2 Å². The summed E-state index contributed by atoms with van der Waals surface area (Å²) in [6.07, 6.45) is 12.1. The van der Waals surface area contributed by atoms with Crippen LogP contribution in [0.3, 0.4) is 0 Å². The molecule has 5 rings (SSSR count). The summed E-state index contributed by atoms with van der Waals surface area (Å²) in [6.45, 7) is 5.26. The Kier molecular flexibility index (Phi) is 5.44. The number of ketones is 1. The third-order valence-corrected chi connectivity index (χ3v) is 9.92. The molecule has 30 heavy (non-hydrogen) atoms. The van der Waals surface area contributed by atoms with Crippen molar-refractivity contribution in [2.45, 2.75) is 71.6 Å². The molecule has 0 aromatic heterocycles. The van der Waals surface area contributed by atoms with Crippen LogP contribution in [0.15, 0.2) is 24.3 Å². The van der Waals surface area contributed by atoms with Crippen LogP contribution in [0.1, 0.15) is 71.6 Å². The second-order valence-corrected chi connectivity index (χ2v) is 11.4. The SMILES string of the molecule is CC1CCC2C(CCC3C2CCC2(C)C(C(=O)CNc4ccc(F)cc4)CCC32)C1. The van der Waals surface area contributed by atoms with E-state index in [0.29, 0.717) is 12.3 Å². The fourth-order valence-corrected chi connectivity index (χ4v) is 8.50. The number of Topliss-reactive ketones (excluding diaryl/α,β-unsaturated/α-hetero) is 1. The molecule has 0 radical (unpaired) electrons. The zero-order valence-electron chi connectivity index (χ0n) is 18.7. The molecule has 3 heteroatoms. The molecule has 4 aliphatic carbocycles. The van der Waals surface area contributed by atoms with Crippen LogP contribution in [-0.2, 0) is 4.79 Å². The van der Waals surface area contributed by atoms with Gasteiger partial charge in [0, 0.05) is 11.6 Å². The number of carbonyl (C=O) groups is 1. The monoisotopic (exact) mass is 411 g/mol. The molecule has 1 N–H and O–H groups in total. The maximum atomic E-state index is 13.2. The number of rotatable bonds is 4. The Balaban J connectivity index is 1.26. The highest BCUT2D eigenvalue weighted by molar-refractivity contribution is 5.86. The smallest absolute Gasteiger partial charge is 0.155 e. The van der Waals surface area contributed by atoms with Gasteiger partial charge in [0.05, 0.1) is 6.54 Å². The summed E-state index contributed by atoms with van der Waals surface area (Å²) in [7, 11) is 0.